The molecule has 1 nitrogen and oxygen atoms in total. The lowest BCUT2D eigenvalue weighted by Gasteiger charge is -2.14. The quantitative estimate of drug-likeness (QED) is 0.713. The zero-order valence-electron chi connectivity index (χ0n) is 9.72. The Hall–Kier alpha value is -0.530. The Kier molecular flexibility index (Phi) is 4.47. The predicted molar refractivity (Wildman–Crippen MR) is 71.7 cm³/mol. The Labute approximate surface area is 112 Å². The molecule has 0 heterocycles. The van der Waals surface area contributed by atoms with Crippen LogP contribution in [0.25, 0.3) is 0 Å². The Morgan fingerprint density at radius 1 is 1.18 bits per heavy atom. The number of Topliss-reactive ketones (excluding diaryl/α,β-unsaturated/α-hetero) is 1. The molecule has 0 aliphatic heterocycles. The van der Waals surface area contributed by atoms with Gasteiger partial charge in [-0.05, 0) is 37.0 Å². The highest BCUT2D eigenvalue weighted by Gasteiger charge is 2.21. The molecule has 3 heteroatoms. The molecule has 0 spiro atoms. The fraction of sp³-hybridized carbons (Fsp3) is 0.500. The number of carbonyl (C=O) groups excluding carboxylic acids is 1. The summed E-state index contributed by atoms with van der Waals surface area (Å²) in [7, 11) is 0. The third-order valence-electron chi connectivity index (χ3n) is 3.41. The van der Waals surface area contributed by atoms with Gasteiger partial charge in [0, 0.05) is 22.4 Å². The summed E-state index contributed by atoms with van der Waals surface area (Å²) in [6, 6.07) is 5.52. The van der Waals surface area contributed by atoms with Gasteiger partial charge in [0.15, 0.2) is 0 Å². The van der Waals surface area contributed by atoms with Gasteiger partial charge in [0.05, 0.1) is 0 Å². The van der Waals surface area contributed by atoms with Gasteiger partial charge in [0.2, 0.25) is 0 Å². The molecule has 1 fully saturated rings. The number of ketones is 1. The second-order valence-corrected chi connectivity index (χ2v) is 5.55. The molecule has 1 aliphatic rings. The summed E-state index contributed by atoms with van der Waals surface area (Å²) in [5.74, 6) is 0.546. The smallest absolute Gasteiger partial charge is 0.136 e. The summed E-state index contributed by atoms with van der Waals surface area (Å²) in [6.07, 6.45) is 5.87. The van der Waals surface area contributed by atoms with Crippen molar-refractivity contribution in [3.63, 3.8) is 0 Å². The van der Waals surface area contributed by atoms with Gasteiger partial charge in [-0.1, -0.05) is 42.1 Å². The molecule has 0 aromatic heterocycles. The third-order valence-corrected chi connectivity index (χ3v) is 4.00. The number of carbonyl (C=O) groups is 1. The van der Waals surface area contributed by atoms with Gasteiger partial charge in [0.1, 0.15) is 5.78 Å². The van der Waals surface area contributed by atoms with Crippen molar-refractivity contribution >= 4 is 29.0 Å². The van der Waals surface area contributed by atoms with Crippen molar-refractivity contribution < 1.29 is 4.79 Å². The van der Waals surface area contributed by atoms with E-state index < -0.39 is 0 Å². The van der Waals surface area contributed by atoms with Crippen LogP contribution in [-0.4, -0.2) is 5.78 Å². The van der Waals surface area contributed by atoms with E-state index in [-0.39, 0.29) is 5.92 Å². The molecule has 1 aromatic rings. The average molecular weight is 271 g/mol. The molecular weight excluding hydrogens is 255 g/mol. The molecule has 0 radical (unpaired) electrons. The number of hydrogen-bond donors (Lipinski definition) is 0. The van der Waals surface area contributed by atoms with E-state index in [2.05, 4.69) is 0 Å². The van der Waals surface area contributed by atoms with Crippen molar-refractivity contribution in [3.05, 3.63) is 33.8 Å². The Balaban J connectivity index is 2.10. The van der Waals surface area contributed by atoms with Gasteiger partial charge in [-0.15, -0.1) is 0 Å². The number of halogens is 2. The fourth-order valence-corrected chi connectivity index (χ4v) is 2.89. The van der Waals surface area contributed by atoms with Crippen molar-refractivity contribution in [1.82, 2.24) is 0 Å². The molecular formula is C14H16Cl2O. The summed E-state index contributed by atoms with van der Waals surface area (Å²) >= 11 is 12.0. The SMILES string of the molecule is O=C1CCCCCC1Cc1ccc(Cl)cc1Cl. The highest BCUT2D eigenvalue weighted by atomic mass is 35.5. The first-order valence-electron chi connectivity index (χ1n) is 6.13. The highest BCUT2D eigenvalue weighted by molar-refractivity contribution is 6.35. The minimum Gasteiger partial charge on any atom is -0.299 e. The van der Waals surface area contributed by atoms with E-state index in [1.54, 1.807) is 6.07 Å². The normalized spacial score (nSPS) is 21.3. The van der Waals surface area contributed by atoms with Gasteiger partial charge < -0.3 is 0 Å². The second kappa shape index (κ2) is 5.88. The monoisotopic (exact) mass is 270 g/mol. The summed E-state index contributed by atoms with van der Waals surface area (Å²) < 4.78 is 0. The molecule has 0 bridgehead atoms. The van der Waals surface area contributed by atoms with Crippen LogP contribution in [0.4, 0.5) is 0 Å². The van der Waals surface area contributed by atoms with E-state index >= 15 is 0 Å². The molecule has 1 saturated carbocycles. The summed E-state index contributed by atoms with van der Waals surface area (Å²) in [4.78, 5) is 11.9. The van der Waals surface area contributed by atoms with Gasteiger partial charge in [0.25, 0.3) is 0 Å². The standard InChI is InChI=1S/C14H16Cl2O/c15-12-7-6-10(13(16)9-12)8-11-4-2-1-3-5-14(11)17/h6-7,9,11H,1-5,8H2. The first kappa shape index (κ1) is 12.9. The van der Waals surface area contributed by atoms with E-state index in [9.17, 15) is 4.79 Å². The Morgan fingerprint density at radius 2 is 2.00 bits per heavy atom. The Morgan fingerprint density at radius 3 is 2.76 bits per heavy atom. The molecule has 92 valence electrons. The lowest BCUT2D eigenvalue weighted by Crippen LogP contribution is -2.15. The predicted octanol–water partition coefficient (Wildman–Crippen LogP) is 4.69. The molecule has 2 rings (SSSR count). The molecule has 0 saturated heterocycles. The highest BCUT2D eigenvalue weighted by Crippen LogP contribution is 2.28. The average Bonchev–Trinajstić information content (AvgIpc) is 2.48. The number of benzene rings is 1. The van der Waals surface area contributed by atoms with Crippen LogP contribution in [0, 0.1) is 5.92 Å². The van der Waals surface area contributed by atoms with Crippen LogP contribution in [0.3, 0.4) is 0 Å². The van der Waals surface area contributed by atoms with Crippen molar-refractivity contribution in [2.75, 3.05) is 0 Å². The summed E-state index contributed by atoms with van der Waals surface area (Å²) in [6.45, 7) is 0. The van der Waals surface area contributed by atoms with Crippen LogP contribution in [0.5, 0.6) is 0 Å². The van der Waals surface area contributed by atoms with Gasteiger partial charge in [-0.2, -0.15) is 0 Å². The van der Waals surface area contributed by atoms with Crippen LogP contribution >= 0.6 is 23.2 Å². The van der Waals surface area contributed by atoms with Crippen molar-refractivity contribution in [2.24, 2.45) is 5.92 Å². The minimum atomic E-state index is 0.149. The van der Waals surface area contributed by atoms with E-state index in [4.69, 9.17) is 23.2 Å². The van der Waals surface area contributed by atoms with Crippen LogP contribution in [0.15, 0.2) is 18.2 Å². The van der Waals surface area contributed by atoms with Crippen molar-refractivity contribution in [3.8, 4) is 0 Å². The van der Waals surface area contributed by atoms with Crippen LogP contribution in [0.2, 0.25) is 10.0 Å². The van der Waals surface area contributed by atoms with E-state index in [1.807, 2.05) is 12.1 Å². The maximum absolute atomic E-state index is 11.9. The van der Waals surface area contributed by atoms with E-state index in [0.29, 0.717) is 15.8 Å². The third kappa shape index (κ3) is 3.46. The zero-order valence-corrected chi connectivity index (χ0v) is 11.2. The molecule has 17 heavy (non-hydrogen) atoms. The largest absolute Gasteiger partial charge is 0.299 e. The maximum Gasteiger partial charge on any atom is 0.136 e. The first-order chi connectivity index (χ1) is 8.16. The number of hydrogen-bond acceptors (Lipinski definition) is 1. The summed E-state index contributed by atoms with van der Waals surface area (Å²) in [5, 5.41) is 1.32. The van der Waals surface area contributed by atoms with Crippen LogP contribution in [-0.2, 0) is 11.2 Å². The van der Waals surface area contributed by atoms with Crippen LogP contribution < -0.4 is 0 Å². The molecule has 1 aliphatic carbocycles. The molecule has 0 amide bonds. The van der Waals surface area contributed by atoms with Gasteiger partial charge in [-0.25, -0.2) is 0 Å². The van der Waals surface area contributed by atoms with Crippen molar-refractivity contribution in [1.29, 1.82) is 0 Å². The first-order valence-corrected chi connectivity index (χ1v) is 6.89. The minimum absolute atomic E-state index is 0.149. The van der Waals surface area contributed by atoms with E-state index in [1.165, 1.54) is 6.42 Å². The summed E-state index contributed by atoms with van der Waals surface area (Å²) in [5.41, 5.74) is 1.04. The zero-order chi connectivity index (χ0) is 12.3. The number of rotatable bonds is 2. The van der Waals surface area contributed by atoms with E-state index in [0.717, 1.165) is 37.7 Å². The lowest BCUT2D eigenvalue weighted by atomic mass is 9.91. The van der Waals surface area contributed by atoms with Crippen LogP contribution in [0.1, 0.15) is 37.7 Å². The molecule has 1 aromatic carbocycles. The lowest BCUT2D eigenvalue weighted by molar-refractivity contribution is -0.122. The second-order valence-electron chi connectivity index (χ2n) is 4.70. The molecule has 1 atom stereocenters. The molecule has 0 N–H and O–H groups in total. The van der Waals surface area contributed by atoms with Gasteiger partial charge >= 0.3 is 0 Å². The van der Waals surface area contributed by atoms with Gasteiger partial charge in [-0.3, -0.25) is 4.79 Å². The topological polar surface area (TPSA) is 17.1 Å². The van der Waals surface area contributed by atoms with Crippen molar-refractivity contribution in [2.45, 2.75) is 38.5 Å². The Bertz CT molecular complexity index is 415. The molecule has 1 unspecified atom stereocenters. The fourth-order valence-electron chi connectivity index (χ4n) is 2.40. The maximum atomic E-state index is 11.9.